The highest BCUT2D eigenvalue weighted by Gasteiger charge is 2.25. The molecule has 0 spiro atoms. The summed E-state index contributed by atoms with van der Waals surface area (Å²) in [6.45, 7) is 1.90. The van der Waals surface area contributed by atoms with Crippen molar-refractivity contribution in [2.75, 3.05) is 12.4 Å². The van der Waals surface area contributed by atoms with Crippen molar-refractivity contribution in [1.82, 2.24) is 0 Å². The molecule has 6 nitrogen and oxygen atoms in total. The Bertz CT molecular complexity index is 849. The molecular formula is C20H21F2NO5. The Morgan fingerprint density at radius 2 is 1.64 bits per heavy atom. The molecule has 0 aromatic heterocycles. The molecule has 0 aliphatic rings. The van der Waals surface area contributed by atoms with Crippen molar-refractivity contribution in [1.29, 1.82) is 0 Å². The number of amides is 1. The topological polar surface area (TPSA) is 73.9 Å². The predicted octanol–water partition coefficient (Wildman–Crippen LogP) is 4.10. The van der Waals surface area contributed by atoms with E-state index >= 15 is 0 Å². The molecule has 150 valence electrons. The number of halogens is 2. The molecule has 2 aromatic rings. The number of anilines is 1. The van der Waals surface area contributed by atoms with Crippen molar-refractivity contribution in [2.24, 2.45) is 0 Å². The summed E-state index contributed by atoms with van der Waals surface area (Å²) in [7, 11) is 1.25. The van der Waals surface area contributed by atoms with E-state index in [1.807, 2.05) is 32.0 Å². The second-order valence-electron chi connectivity index (χ2n) is 6.02. The Balaban J connectivity index is 2.17. The minimum Gasteiger partial charge on any atom is -0.493 e. The maximum absolute atomic E-state index is 12.7. The summed E-state index contributed by atoms with van der Waals surface area (Å²) in [5.74, 6) is -2.04. The van der Waals surface area contributed by atoms with Gasteiger partial charge < -0.3 is 19.5 Å². The molecule has 0 heterocycles. The van der Waals surface area contributed by atoms with Gasteiger partial charge in [0.2, 0.25) is 0 Å². The zero-order valence-corrected chi connectivity index (χ0v) is 15.9. The number of nitrogens with one attached hydrogen (secondary N) is 1. The number of hydrogen-bond acceptors (Lipinski definition) is 5. The van der Waals surface area contributed by atoms with E-state index in [9.17, 15) is 18.4 Å². The largest absolute Gasteiger partial charge is 0.493 e. The molecule has 28 heavy (non-hydrogen) atoms. The molecule has 1 amide bonds. The number of ether oxygens (including phenoxy) is 3. The lowest BCUT2D eigenvalue weighted by atomic mass is 10.1. The van der Waals surface area contributed by atoms with E-state index in [1.54, 1.807) is 0 Å². The fourth-order valence-corrected chi connectivity index (χ4v) is 2.56. The summed E-state index contributed by atoms with van der Waals surface area (Å²) >= 11 is 0. The third-order valence-corrected chi connectivity index (χ3v) is 4.01. The van der Waals surface area contributed by atoms with Gasteiger partial charge in [0.1, 0.15) is 5.56 Å². The Morgan fingerprint density at radius 1 is 1.04 bits per heavy atom. The molecule has 1 N–H and O–H groups in total. The quantitative estimate of drug-likeness (QED) is 0.717. The molecule has 8 heteroatoms. The molecule has 0 saturated heterocycles. The Kier molecular flexibility index (Phi) is 6.92. The van der Waals surface area contributed by atoms with Crippen molar-refractivity contribution in [3.8, 4) is 11.5 Å². The van der Waals surface area contributed by atoms with Gasteiger partial charge in [-0.2, -0.15) is 8.78 Å². The molecule has 0 aliphatic heterocycles. The standard InChI is InChI=1S/C20H21F2NO5/c1-11-7-5-8-12(2)16(11)23-18(24)13(3)27-19(25)14-9-6-10-15(26-4)17(14)28-20(21)22/h5-10,13,20H,1-4H3,(H,23,24). The zero-order valence-electron chi connectivity index (χ0n) is 15.9. The van der Waals surface area contributed by atoms with E-state index in [2.05, 4.69) is 10.1 Å². The highest BCUT2D eigenvalue weighted by atomic mass is 19.3. The van der Waals surface area contributed by atoms with Gasteiger partial charge >= 0.3 is 12.6 Å². The molecule has 0 aliphatic carbocycles. The summed E-state index contributed by atoms with van der Waals surface area (Å²) in [5, 5.41) is 2.71. The van der Waals surface area contributed by atoms with Crippen LogP contribution < -0.4 is 14.8 Å². The van der Waals surface area contributed by atoms with Gasteiger partial charge in [-0.25, -0.2) is 4.79 Å². The van der Waals surface area contributed by atoms with Crippen LogP contribution in [0.4, 0.5) is 14.5 Å². The molecule has 1 unspecified atom stereocenters. The number of carbonyl (C=O) groups excluding carboxylic acids is 2. The fraction of sp³-hybridized carbons (Fsp3) is 0.300. The minimum atomic E-state index is -3.16. The smallest absolute Gasteiger partial charge is 0.387 e. The molecule has 1 atom stereocenters. The van der Waals surface area contributed by atoms with Crippen molar-refractivity contribution in [3.63, 3.8) is 0 Å². The molecule has 0 bridgehead atoms. The third kappa shape index (κ3) is 4.97. The second-order valence-corrected chi connectivity index (χ2v) is 6.02. The number of hydrogen-bond donors (Lipinski definition) is 1. The molecule has 0 saturated carbocycles. The average Bonchev–Trinajstić information content (AvgIpc) is 2.64. The molecule has 2 rings (SSSR count). The van der Waals surface area contributed by atoms with E-state index in [0.717, 1.165) is 11.1 Å². The van der Waals surface area contributed by atoms with E-state index < -0.39 is 30.3 Å². The van der Waals surface area contributed by atoms with Crippen LogP contribution >= 0.6 is 0 Å². The molecule has 0 fully saturated rings. The number of esters is 1. The van der Waals surface area contributed by atoms with Crippen LogP contribution in [0.3, 0.4) is 0 Å². The monoisotopic (exact) mass is 393 g/mol. The van der Waals surface area contributed by atoms with Gasteiger partial charge in [-0.1, -0.05) is 24.3 Å². The number of rotatable bonds is 7. The van der Waals surface area contributed by atoms with Crippen molar-refractivity contribution in [2.45, 2.75) is 33.5 Å². The van der Waals surface area contributed by atoms with Crippen LogP contribution in [0.15, 0.2) is 36.4 Å². The number of methoxy groups -OCH3 is 1. The first-order chi connectivity index (χ1) is 13.2. The first-order valence-electron chi connectivity index (χ1n) is 8.44. The van der Waals surface area contributed by atoms with Crippen LogP contribution in [-0.2, 0) is 9.53 Å². The molecule has 2 aromatic carbocycles. The van der Waals surface area contributed by atoms with Crippen LogP contribution in [-0.4, -0.2) is 31.7 Å². The van der Waals surface area contributed by atoms with Gasteiger partial charge in [0.15, 0.2) is 17.6 Å². The normalized spacial score (nSPS) is 11.7. The maximum atomic E-state index is 12.7. The summed E-state index contributed by atoms with van der Waals surface area (Å²) in [5.41, 5.74) is 2.06. The second kappa shape index (κ2) is 9.16. The zero-order chi connectivity index (χ0) is 20.8. The van der Waals surface area contributed by atoms with E-state index in [0.29, 0.717) is 5.69 Å². The summed E-state index contributed by atoms with van der Waals surface area (Å²) in [4.78, 5) is 24.8. The molecular weight excluding hydrogens is 372 g/mol. The van der Waals surface area contributed by atoms with Crippen LogP contribution in [0.5, 0.6) is 11.5 Å². The van der Waals surface area contributed by atoms with Crippen LogP contribution in [0.2, 0.25) is 0 Å². The van der Waals surface area contributed by atoms with E-state index in [1.165, 1.54) is 32.2 Å². The van der Waals surface area contributed by atoms with Crippen LogP contribution in [0, 0.1) is 13.8 Å². The number of benzene rings is 2. The van der Waals surface area contributed by atoms with Gasteiger partial charge in [-0.15, -0.1) is 0 Å². The average molecular weight is 393 g/mol. The van der Waals surface area contributed by atoms with E-state index in [-0.39, 0.29) is 11.3 Å². The molecule has 0 radical (unpaired) electrons. The van der Waals surface area contributed by atoms with Crippen molar-refractivity contribution in [3.05, 3.63) is 53.1 Å². The van der Waals surface area contributed by atoms with Gasteiger partial charge in [-0.05, 0) is 44.0 Å². The first-order valence-corrected chi connectivity index (χ1v) is 8.44. The van der Waals surface area contributed by atoms with Crippen molar-refractivity contribution < 1.29 is 32.6 Å². The Hall–Kier alpha value is -3.16. The van der Waals surface area contributed by atoms with Gasteiger partial charge in [0.25, 0.3) is 5.91 Å². The predicted molar refractivity (Wildman–Crippen MR) is 99.0 cm³/mol. The Morgan fingerprint density at radius 3 is 2.21 bits per heavy atom. The van der Waals surface area contributed by atoms with Gasteiger partial charge in [-0.3, -0.25) is 4.79 Å². The third-order valence-electron chi connectivity index (χ3n) is 4.01. The highest BCUT2D eigenvalue weighted by molar-refractivity contribution is 5.99. The summed E-state index contributed by atoms with van der Waals surface area (Å²) in [6, 6.07) is 9.57. The lowest BCUT2D eigenvalue weighted by Crippen LogP contribution is -2.30. The van der Waals surface area contributed by atoms with Gasteiger partial charge in [0, 0.05) is 5.69 Å². The number of alkyl halides is 2. The number of aryl methyl sites for hydroxylation is 2. The van der Waals surface area contributed by atoms with Crippen molar-refractivity contribution >= 4 is 17.6 Å². The minimum absolute atomic E-state index is 0.0533. The maximum Gasteiger partial charge on any atom is 0.387 e. The number of para-hydroxylation sites is 2. The fourth-order valence-electron chi connectivity index (χ4n) is 2.56. The number of carbonyl (C=O) groups is 2. The Labute approximate surface area is 161 Å². The lowest BCUT2D eigenvalue weighted by Gasteiger charge is -2.18. The highest BCUT2D eigenvalue weighted by Crippen LogP contribution is 2.33. The lowest BCUT2D eigenvalue weighted by molar-refractivity contribution is -0.123. The summed E-state index contributed by atoms with van der Waals surface area (Å²) in [6.07, 6.45) is -1.17. The first kappa shape index (κ1) is 21.1. The van der Waals surface area contributed by atoms with Crippen LogP contribution in [0.25, 0.3) is 0 Å². The van der Waals surface area contributed by atoms with E-state index in [4.69, 9.17) is 9.47 Å². The summed E-state index contributed by atoms with van der Waals surface area (Å²) < 4.78 is 39.9. The van der Waals surface area contributed by atoms with Crippen LogP contribution in [0.1, 0.15) is 28.4 Å². The SMILES string of the molecule is COc1cccc(C(=O)OC(C)C(=O)Nc2c(C)cccc2C)c1OC(F)F. The van der Waals surface area contributed by atoms with Gasteiger partial charge in [0.05, 0.1) is 7.11 Å².